The highest BCUT2D eigenvalue weighted by atomic mass is 16.6. The van der Waals surface area contributed by atoms with Gasteiger partial charge in [-0.05, 0) is 158 Å². The summed E-state index contributed by atoms with van der Waals surface area (Å²) in [5, 5.41) is 8.01. The Hall–Kier alpha value is -13.7. The van der Waals surface area contributed by atoms with Gasteiger partial charge in [-0.3, -0.25) is 0 Å². The summed E-state index contributed by atoms with van der Waals surface area (Å²) >= 11 is 0. The van der Waals surface area contributed by atoms with E-state index in [1.54, 1.807) is 0 Å². The molecule has 0 aliphatic carbocycles. The number of hydrogen-bond donors (Lipinski definition) is 0. The summed E-state index contributed by atoms with van der Waals surface area (Å²) in [4.78, 5) is 42.1. The number of pyridine rings is 8. The van der Waals surface area contributed by atoms with E-state index >= 15 is 0 Å². The Balaban J connectivity index is 0.457. The van der Waals surface area contributed by atoms with Gasteiger partial charge in [-0.25, -0.2) is 39.9 Å². The van der Waals surface area contributed by atoms with E-state index < -0.39 is 0 Å². The second-order valence-electron chi connectivity index (χ2n) is 31.2. The zero-order chi connectivity index (χ0) is 87.3. The molecule has 28 bridgehead atoms. The summed E-state index contributed by atoms with van der Waals surface area (Å²) < 4.78 is 81.8. The quantitative estimate of drug-likeness (QED) is 0.128. The zero-order valence-electron chi connectivity index (χ0n) is 72.0. The van der Waals surface area contributed by atoms with Crippen molar-refractivity contribution in [3.8, 4) is 113 Å². The van der Waals surface area contributed by atoms with Gasteiger partial charge in [-0.15, -0.1) is 0 Å². The maximum Gasteiger partial charge on any atom is 0.119 e. The summed E-state index contributed by atoms with van der Waals surface area (Å²) in [5.41, 5.74) is 21.0. The van der Waals surface area contributed by atoms with Crippen LogP contribution in [0.4, 0.5) is 0 Å². The number of hydrogen-bond acceptors (Lipinski definition) is 22. The van der Waals surface area contributed by atoms with Crippen LogP contribution in [0.25, 0.3) is 177 Å². The topological polar surface area (TPSA) is 232 Å². The van der Waals surface area contributed by atoms with Crippen LogP contribution in [0, 0.1) is 0 Å². The number of rotatable bonds is 0. The van der Waals surface area contributed by atoms with Gasteiger partial charge in [0.2, 0.25) is 0 Å². The molecule has 0 atom stereocenters. The molecule has 0 saturated heterocycles. The first-order valence-corrected chi connectivity index (χ1v) is 44.2. The van der Waals surface area contributed by atoms with Crippen molar-refractivity contribution >= 4 is 87.2 Å². The molecule has 0 unspecified atom stereocenters. The number of nitrogens with zero attached hydrogens (tertiary/aromatic N) is 8. The van der Waals surface area contributed by atoms with Crippen LogP contribution in [0.15, 0.2) is 291 Å². The first kappa shape index (κ1) is 85.7. The SMILES string of the molecule is c1cc2cc(c1)-c1ccc3ccc4ccc(nc4c3n1)-c1ccc(cc1)OCCOCCOCCOCCOCCOCCOc1ccc(cc1)-c1ccc3ccc4ccc(nc4c3n1)-c1cccc(c1)-c1ccc3ccc4ccc(nc4c3n1)-c1ccc(cc1)OCCOCCOCCOCCOCCOCCOc1ccc(cc1)-c1ccc3ccc4ccc-2nc4c3n1. The molecule has 0 radical (unpaired) electrons. The highest BCUT2D eigenvalue weighted by molar-refractivity contribution is 6.08. The molecule has 0 N–H and O–H groups in total. The molecule has 652 valence electrons. The predicted molar refractivity (Wildman–Crippen MR) is 509 cm³/mol. The summed E-state index contributed by atoms with van der Waals surface area (Å²) in [6.45, 7) is 10.4. The molecular formula is C108H96N8O14. The van der Waals surface area contributed by atoms with E-state index in [1.807, 2.05) is 121 Å². The van der Waals surface area contributed by atoms with Crippen LogP contribution >= 0.6 is 0 Å². The minimum absolute atomic E-state index is 0.395. The maximum absolute atomic E-state index is 6.05. The van der Waals surface area contributed by atoms with Crippen molar-refractivity contribution < 1.29 is 66.3 Å². The van der Waals surface area contributed by atoms with Gasteiger partial charge in [-0.1, -0.05) is 133 Å². The van der Waals surface area contributed by atoms with Gasteiger partial charge in [0.05, 0.1) is 222 Å². The highest BCUT2D eigenvalue weighted by Crippen LogP contribution is 2.38. The van der Waals surface area contributed by atoms with E-state index in [4.69, 9.17) is 106 Å². The number of benzene rings is 10. The number of aromatic nitrogens is 8. The van der Waals surface area contributed by atoms with E-state index in [-0.39, 0.29) is 0 Å². The lowest BCUT2D eigenvalue weighted by Gasteiger charge is -2.11. The second kappa shape index (κ2) is 42.5. The third kappa shape index (κ3) is 21.3. The summed E-state index contributed by atoms with van der Waals surface area (Å²) in [6, 6.07) is 98.8. The van der Waals surface area contributed by atoms with Gasteiger partial charge in [0.15, 0.2) is 0 Å². The van der Waals surface area contributed by atoms with E-state index in [0.717, 1.165) is 200 Å². The van der Waals surface area contributed by atoms with Crippen LogP contribution in [0.5, 0.6) is 23.0 Å². The molecule has 130 heavy (non-hydrogen) atoms. The Morgan fingerprint density at radius 1 is 0.131 bits per heavy atom. The minimum Gasteiger partial charge on any atom is -0.491 e. The van der Waals surface area contributed by atoms with E-state index in [9.17, 15) is 0 Å². The van der Waals surface area contributed by atoms with Gasteiger partial charge in [0.25, 0.3) is 0 Å². The molecular weight excluding hydrogens is 1630 g/mol. The van der Waals surface area contributed by atoms with E-state index in [1.165, 1.54) is 0 Å². The molecule has 0 saturated carbocycles. The normalized spacial score (nSPS) is 15.2. The zero-order valence-corrected chi connectivity index (χ0v) is 72.0. The van der Waals surface area contributed by atoms with Gasteiger partial charge in [0.1, 0.15) is 49.4 Å². The van der Waals surface area contributed by atoms with Gasteiger partial charge in [0, 0.05) is 87.6 Å². The summed E-state index contributed by atoms with van der Waals surface area (Å²) in [6.07, 6.45) is 0. The Bertz CT molecular complexity index is 6120. The van der Waals surface area contributed by atoms with Crippen LogP contribution in [0.1, 0.15) is 0 Å². The molecule has 22 heteroatoms. The molecule has 25 rings (SSSR count). The Labute approximate surface area is 751 Å². The Morgan fingerprint density at radius 3 is 0.431 bits per heavy atom. The average Bonchev–Trinajstić information content (AvgIpc) is 0.773. The van der Waals surface area contributed by atoms with Crippen LogP contribution in [0.3, 0.4) is 0 Å². The lowest BCUT2D eigenvalue weighted by Crippen LogP contribution is -2.15. The molecule has 7 aliphatic rings. The smallest absolute Gasteiger partial charge is 0.119 e. The molecule has 8 aromatic heterocycles. The summed E-state index contributed by atoms with van der Waals surface area (Å²) in [7, 11) is 0. The van der Waals surface area contributed by atoms with E-state index in [0.29, 0.717) is 159 Å². The van der Waals surface area contributed by atoms with Crippen molar-refractivity contribution in [1.29, 1.82) is 0 Å². The predicted octanol–water partition coefficient (Wildman–Crippen LogP) is 20.8. The number of ether oxygens (including phenoxy) is 14. The van der Waals surface area contributed by atoms with Gasteiger partial charge in [-0.2, -0.15) is 0 Å². The molecule has 18 aromatic rings. The molecule has 0 spiro atoms. The van der Waals surface area contributed by atoms with Gasteiger partial charge < -0.3 is 66.3 Å². The lowest BCUT2D eigenvalue weighted by atomic mass is 10.0. The third-order valence-electron chi connectivity index (χ3n) is 22.5. The van der Waals surface area contributed by atoms with Crippen molar-refractivity contribution in [2.45, 2.75) is 0 Å². The average molecular weight is 1730 g/mol. The third-order valence-corrected chi connectivity index (χ3v) is 22.5. The van der Waals surface area contributed by atoms with Crippen LogP contribution in [-0.2, 0) is 47.4 Å². The molecule has 7 aliphatic heterocycles. The summed E-state index contributed by atoms with van der Waals surface area (Å²) in [5.74, 6) is 2.96. The lowest BCUT2D eigenvalue weighted by molar-refractivity contribution is -0.0141. The molecule has 0 fully saturated rings. The van der Waals surface area contributed by atoms with Gasteiger partial charge >= 0.3 is 0 Å². The highest BCUT2D eigenvalue weighted by Gasteiger charge is 2.18. The largest absolute Gasteiger partial charge is 0.491 e. The van der Waals surface area contributed by atoms with Crippen molar-refractivity contribution in [3.63, 3.8) is 0 Å². The fourth-order valence-electron chi connectivity index (χ4n) is 15.8. The van der Waals surface area contributed by atoms with Crippen molar-refractivity contribution in [1.82, 2.24) is 39.9 Å². The first-order valence-electron chi connectivity index (χ1n) is 44.2. The van der Waals surface area contributed by atoms with E-state index in [2.05, 4.69) is 170 Å². The van der Waals surface area contributed by atoms with Crippen LogP contribution in [0.2, 0.25) is 0 Å². The molecule has 22 nitrogen and oxygen atoms in total. The monoisotopic (exact) mass is 1730 g/mol. The fourth-order valence-corrected chi connectivity index (χ4v) is 15.8. The fraction of sp³-hybridized carbons (Fsp3) is 0.222. The minimum atomic E-state index is 0.395. The molecule has 0 amide bonds. The molecule has 15 heterocycles. The van der Waals surface area contributed by atoms with Crippen molar-refractivity contribution in [3.05, 3.63) is 291 Å². The Kier molecular flexibility index (Phi) is 28.0. The van der Waals surface area contributed by atoms with Crippen molar-refractivity contribution in [2.24, 2.45) is 0 Å². The van der Waals surface area contributed by atoms with Crippen molar-refractivity contribution in [2.75, 3.05) is 159 Å². The Morgan fingerprint density at radius 2 is 0.269 bits per heavy atom. The first-order chi connectivity index (χ1) is 64.4. The van der Waals surface area contributed by atoms with Crippen LogP contribution < -0.4 is 18.9 Å². The standard InChI is InChI=1S/C108H96N8O14/c1-3-85-71-86(4-1)98-44-28-82-12-8-78-24-40-94(110-102(78)106(82)114-98)74-17-33-90(34-18-74)128-68-64-124-60-56-120-52-48-118-50-54-122-58-62-126-66-70-130-92-37-21-76(22-38-92)96-42-26-80-10-14-84-30-46-100(116-108(84)104(80)112-96)88-6-2-5-87(72-88)99-45-29-83-13-9-79-25-41-95(111-103(79)107(83)115-99)75-19-35-91(36-20-75)129-69-65-125-61-57-121-53-49-117-47-51-119-55-59-123-63-67-127-89-31-15-73(16-32-89)93-39-23-77-7-11-81-27-43-97(85)113-105(81)101(77)109-93/h1-46,71-72H,47-70H2. The second-order valence-corrected chi connectivity index (χ2v) is 31.2. The molecule has 10 aromatic carbocycles. The maximum atomic E-state index is 6.05. The van der Waals surface area contributed by atoms with Crippen LogP contribution in [-0.4, -0.2) is 198 Å².